The Morgan fingerprint density at radius 2 is 1.09 bits per heavy atom. The topological polar surface area (TPSA) is 0 Å². The van der Waals surface area contributed by atoms with Crippen LogP contribution in [0.1, 0.15) is 32.3 Å². The molecule has 0 saturated carbocycles. The molecule has 212 valence electrons. The lowest BCUT2D eigenvalue weighted by molar-refractivity contribution is 0.611. The van der Waals surface area contributed by atoms with Gasteiger partial charge in [0, 0.05) is 0 Å². The zero-order valence-electron chi connectivity index (χ0n) is 25.4. The molecule has 2 unspecified atom stereocenters. The monoisotopic (exact) mass is 564 g/mol. The van der Waals surface area contributed by atoms with Crippen LogP contribution in [-0.2, 0) is 0 Å². The highest BCUT2D eigenvalue weighted by Gasteiger charge is 2.22. The fourth-order valence-corrected chi connectivity index (χ4v) is 7.63. The zero-order valence-corrected chi connectivity index (χ0v) is 25.4. The third kappa shape index (κ3) is 4.54. The third-order valence-electron chi connectivity index (χ3n) is 9.55. The summed E-state index contributed by atoms with van der Waals surface area (Å²) in [6.07, 6.45) is 14.3. The molecule has 2 aliphatic rings. The predicted molar refractivity (Wildman–Crippen MR) is 191 cm³/mol. The van der Waals surface area contributed by atoms with Crippen LogP contribution in [-0.4, -0.2) is 0 Å². The minimum absolute atomic E-state index is 0.576. The molecule has 6 aromatic rings. The standard InChI is InChI=1S/C44H36/c1-29-20-24-35-33(27-30(2)28-34(35)26-29)22-21-31-23-25-42(37-15-7-6-14-36(31)37)44-40-18-10-8-16-38(40)43(32-12-4-3-5-13-32)39-17-9-11-19-41(39)44/h3-25,27,29-30H,26,28H2,1-2H3/b22-21+. The summed E-state index contributed by atoms with van der Waals surface area (Å²) in [6.45, 7) is 4.68. The number of rotatable bonds is 4. The molecule has 0 saturated heterocycles. The van der Waals surface area contributed by atoms with Crippen molar-refractivity contribution in [3.63, 3.8) is 0 Å². The lowest BCUT2D eigenvalue weighted by Crippen LogP contribution is -2.11. The Morgan fingerprint density at radius 1 is 0.523 bits per heavy atom. The predicted octanol–water partition coefficient (Wildman–Crippen LogP) is 12.4. The van der Waals surface area contributed by atoms with Crippen LogP contribution in [0.15, 0.2) is 156 Å². The average molecular weight is 565 g/mol. The first kappa shape index (κ1) is 26.7. The molecule has 0 heterocycles. The smallest absolute Gasteiger partial charge is 0.00201 e. The third-order valence-corrected chi connectivity index (χ3v) is 9.55. The van der Waals surface area contributed by atoms with E-state index in [9.17, 15) is 0 Å². The molecule has 0 bridgehead atoms. The van der Waals surface area contributed by atoms with Crippen LogP contribution in [0.2, 0.25) is 0 Å². The molecule has 0 N–H and O–H groups in total. The van der Waals surface area contributed by atoms with Crippen LogP contribution in [0.5, 0.6) is 0 Å². The minimum atomic E-state index is 0.576. The number of benzene rings is 6. The van der Waals surface area contributed by atoms with Crippen molar-refractivity contribution in [1.82, 2.24) is 0 Å². The maximum absolute atomic E-state index is 2.46. The van der Waals surface area contributed by atoms with Crippen molar-refractivity contribution in [3.8, 4) is 22.3 Å². The van der Waals surface area contributed by atoms with Gasteiger partial charge in [0.15, 0.2) is 0 Å². The van der Waals surface area contributed by atoms with Crippen molar-refractivity contribution in [3.05, 3.63) is 162 Å². The van der Waals surface area contributed by atoms with Crippen molar-refractivity contribution in [1.29, 1.82) is 0 Å². The molecule has 44 heavy (non-hydrogen) atoms. The zero-order chi connectivity index (χ0) is 29.6. The average Bonchev–Trinajstić information content (AvgIpc) is 3.06. The highest BCUT2D eigenvalue weighted by Crippen LogP contribution is 2.45. The highest BCUT2D eigenvalue weighted by atomic mass is 14.3. The number of allylic oxidation sites excluding steroid dienone is 7. The summed E-state index contributed by atoms with van der Waals surface area (Å²) in [6, 6.07) is 42.3. The summed E-state index contributed by atoms with van der Waals surface area (Å²) in [4.78, 5) is 0. The maximum Gasteiger partial charge on any atom is -0.00201 e. The molecule has 0 radical (unpaired) electrons. The van der Waals surface area contributed by atoms with Crippen molar-refractivity contribution in [2.75, 3.05) is 0 Å². The van der Waals surface area contributed by atoms with Gasteiger partial charge in [-0.2, -0.15) is 0 Å². The van der Waals surface area contributed by atoms with Crippen LogP contribution in [0.4, 0.5) is 0 Å². The molecule has 0 fully saturated rings. The summed E-state index contributed by atoms with van der Waals surface area (Å²) in [5.74, 6) is 1.21. The Bertz CT molecular complexity index is 2120. The summed E-state index contributed by atoms with van der Waals surface area (Å²) in [5, 5.41) is 7.73. The lowest BCUT2D eigenvalue weighted by Gasteiger charge is -2.27. The Hall–Kier alpha value is -4.94. The van der Waals surface area contributed by atoms with Gasteiger partial charge in [-0.1, -0.05) is 165 Å². The first-order valence-electron chi connectivity index (χ1n) is 16.0. The maximum atomic E-state index is 2.46. The molecule has 8 rings (SSSR count). The fraction of sp³-hybridized carbons (Fsp3) is 0.136. The van der Waals surface area contributed by atoms with E-state index in [1.165, 1.54) is 84.1 Å². The Kier molecular flexibility index (Phi) is 6.64. The van der Waals surface area contributed by atoms with E-state index in [0.29, 0.717) is 11.8 Å². The summed E-state index contributed by atoms with van der Waals surface area (Å²) >= 11 is 0. The molecule has 6 aromatic carbocycles. The van der Waals surface area contributed by atoms with E-state index in [0.717, 1.165) is 0 Å². The molecule has 0 aliphatic heterocycles. The first-order chi connectivity index (χ1) is 21.7. The second-order valence-corrected chi connectivity index (χ2v) is 12.6. The molecular formula is C44H36. The van der Waals surface area contributed by atoms with Crippen molar-refractivity contribution in [2.45, 2.75) is 26.7 Å². The second-order valence-electron chi connectivity index (χ2n) is 12.6. The van der Waals surface area contributed by atoms with Crippen LogP contribution in [0, 0.1) is 11.8 Å². The summed E-state index contributed by atoms with van der Waals surface area (Å²) in [5.41, 5.74) is 10.8. The van der Waals surface area contributed by atoms with Gasteiger partial charge in [0.2, 0.25) is 0 Å². The van der Waals surface area contributed by atoms with Crippen LogP contribution in [0.25, 0.3) is 60.6 Å². The summed E-state index contributed by atoms with van der Waals surface area (Å²) < 4.78 is 0. The van der Waals surface area contributed by atoms with Crippen LogP contribution >= 0.6 is 0 Å². The van der Waals surface area contributed by atoms with Gasteiger partial charge in [-0.05, 0) is 96.0 Å². The number of hydrogen-bond acceptors (Lipinski definition) is 0. The molecule has 0 spiro atoms. The molecule has 2 atom stereocenters. The van der Waals surface area contributed by atoms with Gasteiger partial charge < -0.3 is 0 Å². The van der Waals surface area contributed by atoms with E-state index in [4.69, 9.17) is 0 Å². The normalized spacial score (nSPS) is 18.4. The quantitative estimate of drug-likeness (QED) is 0.187. The number of fused-ring (bicyclic) bond motifs is 3. The van der Waals surface area contributed by atoms with Crippen molar-refractivity contribution < 1.29 is 0 Å². The molecule has 0 heteroatoms. The van der Waals surface area contributed by atoms with Gasteiger partial charge in [-0.3, -0.25) is 0 Å². The van der Waals surface area contributed by atoms with E-state index < -0.39 is 0 Å². The van der Waals surface area contributed by atoms with Crippen molar-refractivity contribution >= 4 is 38.4 Å². The minimum Gasteiger partial charge on any atom is -0.0808 e. The molecule has 0 nitrogen and oxygen atoms in total. The molecular weight excluding hydrogens is 528 g/mol. The molecule has 0 aromatic heterocycles. The Balaban J connectivity index is 1.32. The van der Waals surface area contributed by atoms with Gasteiger partial charge in [0.05, 0.1) is 0 Å². The van der Waals surface area contributed by atoms with E-state index in [1.54, 1.807) is 5.57 Å². The first-order valence-corrected chi connectivity index (χ1v) is 16.0. The van der Waals surface area contributed by atoms with Gasteiger partial charge in [-0.25, -0.2) is 0 Å². The fourth-order valence-electron chi connectivity index (χ4n) is 7.63. The second kappa shape index (κ2) is 11.0. The van der Waals surface area contributed by atoms with Gasteiger partial charge in [0.1, 0.15) is 0 Å². The Morgan fingerprint density at radius 3 is 1.77 bits per heavy atom. The van der Waals surface area contributed by atoms with E-state index in [1.807, 2.05) is 0 Å². The summed E-state index contributed by atoms with van der Waals surface area (Å²) in [7, 11) is 0. The largest absolute Gasteiger partial charge is 0.0808 e. The highest BCUT2D eigenvalue weighted by molar-refractivity contribution is 6.23. The van der Waals surface area contributed by atoms with E-state index in [2.05, 4.69) is 159 Å². The van der Waals surface area contributed by atoms with Gasteiger partial charge in [-0.15, -0.1) is 0 Å². The molecule has 2 aliphatic carbocycles. The van der Waals surface area contributed by atoms with Gasteiger partial charge >= 0.3 is 0 Å². The Labute approximate surface area is 260 Å². The van der Waals surface area contributed by atoms with Crippen molar-refractivity contribution in [2.24, 2.45) is 11.8 Å². The van der Waals surface area contributed by atoms with E-state index >= 15 is 0 Å². The SMILES string of the molecule is CC1C=CC2=C(C1)CC(C)C=C2/C=C/c1ccc(-c2c3ccccc3c(-c3ccccc3)c3ccccc23)c2ccccc12. The molecule has 0 amide bonds. The number of hydrogen-bond donors (Lipinski definition) is 0. The van der Waals surface area contributed by atoms with E-state index in [-0.39, 0.29) is 0 Å². The van der Waals surface area contributed by atoms with Crippen LogP contribution in [0.3, 0.4) is 0 Å². The lowest BCUT2D eigenvalue weighted by atomic mass is 9.78. The van der Waals surface area contributed by atoms with Gasteiger partial charge in [0.25, 0.3) is 0 Å². The van der Waals surface area contributed by atoms with Crippen LogP contribution < -0.4 is 0 Å².